The van der Waals surface area contributed by atoms with Gasteiger partial charge in [0.15, 0.2) is 5.76 Å². The van der Waals surface area contributed by atoms with Crippen LogP contribution in [0.15, 0.2) is 21.1 Å². The Morgan fingerprint density at radius 3 is 2.84 bits per heavy atom. The fourth-order valence-corrected chi connectivity index (χ4v) is 3.42. The van der Waals surface area contributed by atoms with Gasteiger partial charge in [0.25, 0.3) is 5.91 Å². The van der Waals surface area contributed by atoms with Crippen molar-refractivity contribution in [1.82, 2.24) is 15.4 Å². The zero-order valence-corrected chi connectivity index (χ0v) is 14.7. The number of rotatable bonds is 7. The van der Waals surface area contributed by atoms with E-state index in [0.717, 1.165) is 48.8 Å². The van der Waals surface area contributed by atoms with Crippen LogP contribution in [0, 0.1) is 0 Å². The van der Waals surface area contributed by atoms with Crippen LogP contribution in [-0.2, 0) is 19.5 Å². The van der Waals surface area contributed by atoms with Crippen molar-refractivity contribution in [2.75, 3.05) is 13.1 Å². The molecule has 2 aromatic rings. The summed E-state index contributed by atoms with van der Waals surface area (Å²) in [5.41, 5.74) is 1.89. The van der Waals surface area contributed by atoms with Crippen LogP contribution in [0.4, 0.5) is 0 Å². The third-order valence-corrected chi connectivity index (χ3v) is 5.02. The number of hydrogen-bond donors (Lipinski definition) is 1. The third kappa shape index (κ3) is 3.79. The van der Waals surface area contributed by atoms with Gasteiger partial charge in [-0.3, -0.25) is 9.69 Å². The molecule has 0 spiro atoms. The van der Waals surface area contributed by atoms with E-state index in [0.29, 0.717) is 18.2 Å². The smallest absolute Gasteiger partial charge is 0.287 e. The lowest BCUT2D eigenvalue weighted by atomic mass is 10.2. The highest BCUT2D eigenvalue weighted by molar-refractivity contribution is 5.91. The van der Waals surface area contributed by atoms with Crippen LogP contribution >= 0.6 is 0 Å². The summed E-state index contributed by atoms with van der Waals surface area (Å²) in [4.78, 5) is 14.8. The van der Waals surface area contributed by atoms with Gasteiger partial charge in [0.05, 0.1) is 6.54 Å². The highest BCUT2D eigenvalue weighted by Crippen LogP contribution is 2.40. The number of carbonyl (C=O) groups excluding carboxylic acids is 1. The van der Waals surface area contributed by atoms with Crippen molar-refractivity contribution in [1.29, 1.82) is 0 Å². The van der Waals surface area contributed by atoms with Crippen molar-refractivity contribution < 1.29 is 13.7 Å². The molecule has 0 radical (unpaired) electrons. The van der Waals surface area contributed by atoms with E-state index < -0.39 is 0 Å². The van der Waals surface area contributed by atoms with Gasteiger partial charge in [-0.1, -0.05) is 12.1 Å². The lowest BCUT2D eigenvalue weighted by Crippen LogP contribution is -2.22. The number of likely N-dealkylation sites (tertiary alicyclic amines) is 1. The first kappa shape index (κ1) is 16.4. The maximum absolute atomic E-state index is 12.4. The van der Waals surface area contributed by atoms with Crippen LogP contribution in [0.5, 0.6) is 0 Å². The monoisotopic (exact) mass is 343 g/mol. The van der Waals surface area contributed by atoms with Crippen molar-refractivity contribution in [2.45, 2.75) is 58.0 Å². The fraction of sp³-hybridized carbons (Fsp3) is 0.579. The second kappa shape index (κ2) is 7.04. The van der Waals surface area contributed by atoms with E-state index >= 15 is 0 Å². The van der Waals surface area contributed by atoms with E-state index in [1.54, 1.807) is 0 Å². The Balaban J connectivity index is 1.37. The summed E-state index contributed by atoms with van der Waals surface area (Å²) in [5, 5.41) is 6.90. The minimum atomic E-state index is -0.196. The minimum absolute atomic E-state index is 0.196. The lowest BCUT2D eigenvalue weighted by Gasteiger charge is -2.13. The van der Waals surface area contributed by atoms with E-state index in [1.807, 2.05) is 12.1 Å². The topological polar surface area (TPSA) is 71.5 Å². The summed E-state index contributed by atoms with van der Waals surface area (Å²) in [7, 11) is 0. The lowest BCUT2D eigenvalue weighted by molar-refractivity contribution is 0.0920. The quantitative estimate of drug-likeness (QED) is 0.836. The highest BCUT2D eigenvalue weighted by Gasteiger charge is 2.28. The predicted molar refractivity (Wildman–Crippen MR) is 92.2 cm³/mol. The second-order valence-electron chi connectivity index (χ2n) is 7.07. The van der Waals surface area contributed by atoms with Gasteiger partial charge < -0.3 is 14.3 Å². The van der Waals surface area contributed by atoms with Gasteiger partial charge in [0.2, 0.25) is 0 Å². The molecule has 0 unspecified atom stereocenters. The van der Waals surface area contributed by atoms with Crippen LogP contribution in [0.2, 0.25) is 0 Å². The number of furan rings is 1. The molecule has 2 aliphatic rings. The molecule has 2 fully saturated rings. The van der Waals surface area contributed by atoms with Gasteiger partial charge in [-0.2, -0.15) is 0 Å². The predicted octanol–water partition coefficient (Wildman–Crippen LogP) is 3.23. The summed E-state index contributed by atoms with van der Waals surface area (Å²) < 4.78 is 11.1. The van der Waals surface area contributed by atoms with Crippen molar-refractivity contribution in [3.63, 3.8) is 0 Å². The zero-order chi connectivity index (χ0) is 17.2. The molecule has 1 saturated carbocycles. The first-order valence-electron chi connectivity index (χ1n) is 9.30. The average molecular weight is 343 g/mol. The SMILES string of the molecule is CCc1oc(C(=O)NCc2cc(C3CC3)on2)cc1CN1CCCC1. The summed E-state index contributed by atoms with van der Waals surface area (Å²) in [6.07, 6.45) is 5.66. The third-order valence-electron chi connectivity index (χ3n) is 5.02. The molecule has 25 heavy (non-hydrogen) atoms. The molecule has 134 valence electrons. The number of aromatic nitrogens is 1. The van der Waals surface area contributed by atoms with Gasteiger partial charge in [-0.25, -0.2) is 0 Å². The normalized spacial score (nSPS) is 18.0. The molecule has 4 rings (SSSR count). The van der Waals surface area contributed by atoms with Gasteiger partial charge in [-0.05, 0) is 44.8 Å². The van der Waals surface area contributed by atoms with E-state index in [2.05, 4.69) is 22.3 Å². The molecule has 2 aromatic heterocycles. The standard InChI is InChI=1S/C19H25N3O3/c1-2-16-14(12-22-7-3-4-8-22)9-18(24-16)19(23)20-11-15-10-17(25-21-15)13-5-6-13/h9-10,13H,2-8,11-12H2,1H3,(H,20,23). The maximum atomic E-state index is 12.4. The zero-order valence-electron chi connectivity index (χ0n) is 14.7. The van der Waals surface area contributed by atoms with Crippen molar-refractivity contribution >= 4 is 5.91 Å². The number of nitrogens with zero attached hydrogens (tertiary/aromatic N) is 2. The van der Waals surface area contributed by atoms with Crippen LogP contribution in [0.1, 0.15) is 71.9 Å². The Kier molecular flexibility index (Phi) is 4.61. The molecule has 6 heteroatoms. The van der Waals surface area contributed by atoms with Crippen molar-refractivity contribution in [2.24, 2.45) is 0 Å². The van der Waals surface area contributed by atoms with E-state index in [-0.39, 0.29) is 5.91 Å². The molecule has 3 heterocycles. The molecule has 1 aliphatic carbocycles. The Bertz CT molecular complexity index is 739. The van der Waals surface area contributed by atoms with E-state index in [4.69, 9.17) is 8.94 Å². The second-order valence-corrected chi connectivity index (χ2v) is 7.07. The van der Waals surface area contributed by atoms with Crippen LogP contribution in [0.3, 0.4) is 0 Å². The van der Waals surface area contributed by atoms with Gasteiger partial charge in [0, 0.05) is 30.5 Å². The molecule has 0 aromatic carbocycles. The van der Waals surface area contributed by atoms with Gasteiger partial charge in [0.1, 0.15) is 17.2 Å². The Labute approximate surface area is 147 Å². The first-order chi connectivity index (χ1) is 12.2. The van der Waals surface area contributed by atoms with Crippen LogP contribution < -0.4 is 5.32 Å². The Hall–Kier alpha value is -2.08. The molecule has 1 amide bonds. The molecule has 1 aliphatic heterocycles. The van der Waals surface area contributed by atoms with Crippen LogP contribution in [-0.4, -0.2) is 29.1 Å². The molecular weight excluding hydrogens is 318 g/mol. The van der Waals surface area contributed by atoms with Crippen LogP contribution in [0.25, 0.3) is 0 Å². The average Bonchev–Trinajstić information content (AvgIpc) is 3.05. The summed E-state index contributed by atoms with van der Waals surface area (Å²) in [5.74, 6) is 2.57. The number of aryl methyl sites for hydroxylation is 1. The largest absolute Gasteiger partial charge is 0.456 e. The molecule has 1 N–H and O–H groups in total. The van der Waals surface area contributed by atoms with E-state index in [9.17, 15) is 4.79 Å². The number of nitrogens with one attached hydrogen (secondary N) is 1. The molecule has 6 nitrogen and oxygen atoms in total. The molecule has 1 saturated heterocycles. The molecular formula is C19H25N3O3. The maximum Gasteiger partial charge on any atom is 0.287 e. The molecule has 0 atom stereocenters. The van der Waals surface area contributed by atoms with Crippen molar-refractivity contribution in [3.05, 3.63) is 40.7 Å². The fourth-order valence-electron chi connectivity index (χ4n) is 3.42. The van der Waals surface area contributed by atoms with E-state index in [1.165, 1.54) is 25.7 Å². The summed E-state index contributed by atoms with van der Waals surface area (Å²) in [6.45, 7) is 5.55. The minimum Gasteiger partial charge on any atom is -0.456 e. The highest BCUT2D eigenvalue weighted by atomic mass is 16.5. The summed E-state index contributed by atoms with van der Waals surface area (Å²) >= 11 is 0. The summed E-state index contributed by atoms with van der Waals surface area (Å²) in [6, 6.07) is 3.83. The van der Waals surface area contributed by atoms with Crippen molar-refractivity contribution in [3.8, 4) is 0 Å². The Morgan fingerprint density at radius 1 is 1.32 bits per heavy atom. The first-order valence-corrected chi connectivity index (χ1v) is 9.30. The number of hydrogen-bond acceptors (Lipinski definition) is 5. The van der Waals surface area contributed by atoms with Gasteiger partial charge >= 0.3 is 0 Å². The number of amides is 1. The molecule has 0 bridgehead atoms. The Morgan fingerprint density at radius 2 is 2.12 bits per heavy atom. The number of carbonyl (C=O) groups is 1. The van der Waals surface area contributed by atoms with Gasteiger partial charge in [-0.15, -0.1) is 0 Å².